The summed E-state index contributed by atoms with van der Waals surface area (Å²) < 4.78 is 19.3. The molecule has 0 aliphatic carbocycles. The molecule has 0 aromatic heterocycles. The number of carbonyl (C=O) groups is 1. The number of benzene rings is 2. The summed E-state index contributed by atoms with van der Waals surface area (Å²) in [6.07, 6.45) is 0.297. The molecule has 19 heavy (non-hydrogen) atoms. The number of ether oxygens (including phenoxy) is 1. The van der Waals surface area contributed by atoms with E-state index in [-0.39, 0.29) is 11.5 Å². The van der Waals surface area contributed by atoms with Crippen molar-refractivity contribution >= 4 is 28.4 Å². The fourth-order valence-electron chi connectivity index (χ4n) is 1.72. The summed E-state index contributed by atoms with van der Waals surface area (Å²) >= 11 is 2.21. The number of halogens is 2. The molecular formula is C15H12FIO2. The molecule has 2 rings (SSSR count). The first-order valence-electron chi connectivity index (χ1n) is 5.71. The van der Waals surface area contributed by atoms with Gasteiger partial charge in [-0.15, -0.1) is 0 Å². The van der Waals surface area contributed by atoms with E-state index >= 15 is 0 Å². The molecule has 2 aromatic rings. The first kappa shape index (κ1) is 14.0. The summed E-state index contributed by atoms with van der Waals surface area (Å²) in [5, 5.41) is 0. The van der Waals surface area contributed by atoms with Gasteiger partial charge in [-0.2, -0.15) is 0 Å². The highest BCUT2D eigenvalue weighted by Crippen LogP contribution is 2.19. The van der Waals surface area contributed by atoms with E-state index < -0.39 is 5.82 Å². The van der Waals surface area contributed by atoms with Crippen molar-refractivity contribution in [2.75, 3.05) is 7.11 Å². The van der Waals surface area contributed by atoms with Crippen LogP contribution in [0.2, 0.25) is 0 Å². The van der Waals surface area contributed by atoms with Gasteiger partial charge in [0, 0.05) is 15.6 Å². The van der Waals surface area contributed by atoms with Gasteiger partial charge in [0.05, 0.1) is 7.11 Å². The largest absolute Gasteiger partial charge is 0.494 e. The maximum absolute atomic E-state index is 13.3. The molecule has 0 spiro atoms. The summed E-state index contributed by atoms with van der Waals surface area (Å²) in [6.45, 7) is 0. The monoisotopic (exact) mass is 370 g/mol. The molecule has 4 heteroatoms. The van der Waals surface area contributed by atoms with E-state index in [1.165, 1.54) is 25.3 Å². The van der Waals surface area contributed by atoms with Gasteiger partial charge in [0.1, 0.15) is 0 Å². The van der Waals surface area contributed by atoms with Crippen LogP contribution in [0.5, 0.6) is 5.75 Å². The molecule has 2 nitrogen and oxygen atoms in total. The van der Waals surface area contributed by atoms with Gasteiger partial charge < -0.3 is 4.74 Å². The molecule has 0 aliphatic rings. The predicted octanol–water partition coefficient (Wildman–Crippen LogP) is 3.86. The molecule has 0 unspecified atom stereocenters. The minimum atomic E-state index is -0.465. The van der Waals surface area contributed by atoms with Crippen molar-refractivity contribution in [3.05, 3.63) is 63.0 Å². The smallest absolute Gasteiger partial charge is 0.167 e. The average molecular weight is 370 g/mol. The molecule has 0 heterocycles. The predicted molar refractivity (Wildman–Crippen MR) is 80.1 cm³/mol. The molecule has 0 amide bonds. The van der Waals surface area contributed by atoms with Crippen LogP contribution in [0.4, 0.5) is 4.39 Å². The molecule has 0 radical (unpaired) electrons. The Morgan fingerprint density at radius 3 is 2.53 bits per heavy atom. The van der Waals surface area contributed by atoms with E-state index in [9.17, 15) is 9.18 Å². The second-order valence-corrected chi connectivity index (χ2v) is 5.32. The first-order chi connectivity index (χ1) is 9.10. The topological polar surface area (TPSA) is 26.3 Å². The highest BCUT2D eigenvalue weighted by molar-refractivity contribution is 14.1. The summed E-state index contributed by atoms with van der Waals surface area (Å²) in [6, 6.07) is 11.9. The third-order valence-electron chi connectivity index (χ3n) is 2.75. The molecular weight excluding hydrogens is 358 g/mol. The quantitative estimate of drug-likeness (QED) is 0.604. The van der Waals surface area contributed by atoms with Crippen LogP contribution in [0, 0.1) is 9.39 Å². The molecule has 0 saturated carbocycles. The van der Waals surface area contributed by atoms with Gasteiger partial charge in [-0.1, -0.05) is 12.1 Å². The van der Waals surface area contributed by atoms with Gasteiger partial charge >= 0.3 is 0 Å². The third-order valence-corrected chi connectivity index (χ3v) is 3.47. The average Bonchev–Trinajstić information content (AvgIpc) is 2.42. The van der Waals surface area contributed by atoms with Crippen LogP contribution in [-0.2, 0) is 6.42 Å². The lowest BCUT2D eigenvalue weighted by atomic mass is 10.0. The Morgan fingerprint density at radius 1 is 1.21 bits per heavy atom. The summed E-state index contributed by atoms with van der Waals surface area (Å²) in [7, 11) is 1.38. The van der Waals surface area contributed by atoms with Crippen molar-refractivity contribution in [2.45, 2.75) is 6.42 Å². The van der Waals surface area contributed by atoms with Gasteiger partial charge in [-0.25, -0.2) is 4.39 Å². The van der Waals surface area contributed by atoms with Crippen LogP contribution >= 0.6 is 22.6 Å². The van der Waals surface area contributed by atoms with E-state index in [1.54, 1.807) is 0 Å². The van der Waals surface area contributed by atoms with Crippen LogP contribution in [0.25, 0.3) is 0 Å². The van der Waals surface area contributed by atoms with Crippen LogP contribution < -0.4 is 4.74 Å². The second kappa shape index (κ2) is 6.14. The van der Waals surface area contributed by atoms with Gasteiger partial charge in [0.15, 0.2) is 17.3 Å². The van der Waals surface area contributed by atoms with Gasteiger partial charge in [0.2, 0.25) is 0 Å². The molecule has 2 aromatic carbocycles. The summed E-state index contributed by atoms with van der Waals surface area (Å²) in [5.41, 5.74) is 1.39. The zero-order chi connectivity index (χ0) is 13.8. The Hall–Kier alpha value is -1.43. The summed E-state index contributed by atoms with van der Waals surface area (Å²) in [5.74, 6) is -0.429. The highest BCUT2D eigenvalue weighted by Gasteiger charge is 2.10. The van der Waals surface area contributed by atoms with Crippen molar-refractivity contribution in [2.24, 2.45) is 0 Å². The fourth-order valence-corrected chi connectivity index (χ4v) is 2.08. The van der Waals surface area contributed by atoms with Crippen LogP contribution in [-0.4, -0.2) is 12.9 Å². The maximum atomic E-state index is 13.3. The summed E-state index contributed by atoms with van der Waals surface area (Å²) in [4.78, 5) is 12.1. The van der Waals surface area contributed by atoms with E-state index in [0.717, 1.165) is 9.13 Å². The number of ketones is 1. The molecule has 0 N–H and O–H groups in total. The minimum absolute atomic E-state index is 0.0560. The highest BCUT2D eigenvalue weighted by atomic mass is 127. The molecule has 0 saturated heterocycles. The molecule has 0 aliphatic heterocycles. The first-order valence-corrected chi connectivity index (χ1v) is 6.79. The van der Waals surface area contributed by atoms with Gasteiger partial charge in [-0.05, 0) is 58.5 Å². The zero-order valence-electron chi connectivity index (χ0n) is 10.3. The Balaban J connectivity index is 2.18. The number of Topliss-reactive ketones (excluding diaryl/α,β-unsaturated/α-hetero) is 1. The lowest BCUT2D eigenvalue weighted by Gasteiger charge is -2.05. The second-order valence-electron chi connectivity index (χ2n) is 4.08. The van der Waals surface area contributed by atoms with E-state index in [1.807, 2.05) is 24.3 Å². The van der Waals surface area contributed by atoms with Crippen LogP contribution in [0.1, 0.15) is 15.9 Å². The van der Waals surface area contributed by atoms with E-state index in [4.69, 9.17) is 4.74 Å². The van der Waals surface area contributed by atoms with Gasteiger partial charge in [-0.3, -0.25) is 4.79 Å². The Bertz CT molecular complexity index is 594. The molecule has 0 bridgehead atoms. The molecule has 0 fully saturated rings. The molecule has 0 atom stereocenters. The van der Waals surface area contributed by atoms with Crippen LogP contribution in [0.3, 0.4) is 0 Å². The van der Waals surface area contributed by atoms with E-state index in [2.05, 4.69) is 22.6 Å². The number of hydrogen-bond acceptors (Lipinski definition) is 2. The fraction of sp³-hybridized carbons (Fsp3) is 0.133. The van der Waals surface area contributed by atoms with Crippen molar-refractivity contribution in [3.8, 4) is 5.75 Å². The maximum Gasteiger partial charge on any atom is 0.167 e. The van der Waals surface area contributed by atoms with E-state index in [0.29, 0.717) is 12.0 Å². The van der Waals surface area contributed by atoms with Crippen molar-refractivity contribution in [1.29, 1.82) is 0 Å². The number of hydrogen-bond donors (Lipinski definition) is 0. The minimum Gasteiger partial charge on any atom is -0.494 e. The van der Waals surface area contributed by atoms with Crippen LogP contribution in [0.15, 0.2) is 42.5 Å². The Morgan fingerprint density at radius 2 is 1.89 bits per heavy atom. The number of methoxy groups -OCH3 is 1. The lowest BCUT2D eigenvalue weighted by molar-refractivity contribution is 0.0992. The SMILES string of the molecule is COc1cc(C(=O)Cc2ccc(I)cc2)ccc1F. The van der Waals surface area contributed by atoms with Crippen molar-refractivity contribution in [1.82, 2.24) is 0 Å². The molecule has 98 valence electrons. The third kappa shape index (κ3) is 3.53. The van der Waals surface area contributed by atoms with Crippen molar-refractivity contribution in [3.63, 3.8) is 0 Å². The Labute approximate surface area is 124 Å². The normalized spacial score (nSPS) is 10.3. The van der Waals surface area contributed by atoms with Crippen molar-refractivity contribution < 1.29 is 13.9 Å². The Kier molecular flexibility index (Phi) is 4.52. The number of rotatable bonds is 4. The van der Waals surface area contributed by atoms with Gasteiger partial charge in [0.25, 0.3) is 0 Å². The number of carbonyl (C=O) groups excluding carboxylic acids is 1. The zero-order valence-corrected chi connectivity index (χ0v) is 12.5. The standard InChI is InChI=1S/C15H12FIO2/c1-19-15-9-11(4-7-13(15)16)14(18)8-10-2-5-12(17)6-3-10/h2-7,9H,8H2,1H3. The lowest BCUT2D eigenvalue weighted by Crippen LogP contribution is -2.04.